The Balaban J connectivity index is 2.01. The molecule has 1 heterocycles. The van der Waals surface area contributed by atoms with Crippen molar-refractivity contribution in [3.05, 3.63) is 35.4 Å². The Hall–Kier alpha value is -1.33. The van der Waals surface area contributed by atoms with Crippen LogP contribution in [0.2, 0.25) is 0 Å². The molecule has 2 N–H and O–H groups in total. The van der Waals surface area contributed by atoms with E-state index in [9.17, 15) is 9.59 Å². The molecule has 5 heteroatoms. The summed E-state index contributed by atoms with van der Waals surface area (Å²) in [6, 6.07) is 7.04. The van der Waals surface area contributed by atoms with Gasteiger partial charge in [-0.15, -0.1) is 11.8 Å². The van der Waals surface area contributed by atoms with Crippen molar-refractivity contribution in [2.45, 2.75) is 19.4 Å². The van der Waals surface area contributed by atoms with E-state index in [-0.39, 0.29) is 17.9 Å². The molecule has 0 saturated heterocycles. The van der Waals surface area contributed by atoms with Crippen LogP contribution in [0.4, 0.5) is 0 Å². The molecule has 1 aliphatic heterocycles. The zero-order valence-corrected chi connectivity index (χ0v) is 11.1. The molecule has 0 radical (unpaired) electrons. The smallest absolute Gasteiger partial charge is 0.262 e. The second-order valence-corrected chi connectivity index (χ2v) is 5.25. The van der Waals surface area contributed by atoms with E-state index in [0.29, 0.717) is 17.0 Å². The van der Waals surface area contributed by atoms with E-state index in [1.165, 1.54) is 16.7 Å². The maximum Gasteiger partial charge on any atom is 0.262 e. The standard InChI is InChI=1S/C13H16N2O2S/c1-2-9(14)7-18-8-15-12(16)10-5-3-4-6-11(10)13(15)17/h3-6,9H,2,7-8,14H2,1H3. The van der Waals surface area contributed by atoms with Crippen molar-refractivity contribution in [3.8, 4) is 0 Å². The molecule has 0 saturated carbocycles. The minimum Gasteiger partial charge on any atom is -0.327 e. The number of nitrogens with two attached hydrogens (primary N) is 1. The second kappa shape index (κ2) is 5.54. The van der Waals surface area contributed by atoms with Gasteiger partial charge in [-0.2, -0.15) is 0 Å². The van der Waals surface area contributed by atoms with Gasteiger partial charge in [0.2, 0.25) is 0 Å². The van der Waals surface area contributed by atoms with E-state index in [2.05, 4.69) is 0 Å². The van der Waals surface area contributed by atoms with Gasteiger partial charge in [-0.1, -0.05) is 19.1 Å². The molecule has 2 rings (SSSR count). The van der Waals surface area contributed by atoms with Crippen LogP contribution in [0.1, 0.15) is 34.1 Å². The van der Waals surface area contributed by atoms with Crippen molar-refractivity contribution in [2.24, 2.45) is 5.73 Å². The van der Waals surface area contributed by atoms with Gasteiger partial charge >= 0.3 is 0 Å². The number of hydrogen-bond acceptors (Lipinski definition) is 4. The number of benzene rings is 1. The summed E-state index contributed by atoms with van der Waals surface area (Å²) >= 11 is 1.52. The van der Waals surface area contributed by atoms with Crippen LogP contribution in [0.5, 0.6) is 0 Å². The van der Waals surface area contributed by atoms with Gasteiger partial charge in [-0.3, -0.25) is 14.5 Å². The fourth-order valence-electron chi connectivity index (χ4n) is 1.77. The van der Waals surface area contributed by atoms with Crippen LogP contribution < -0.4 is 5.73 Å². The summed E-state index contributed by atoms with van der Waals surface area (Å²) in [4.78, 5) is 25.3. The number of thioether (sulfide) groups is 1. The predicted octanol–water partition coefficient (Wildman–Crippen LogP) is 1.71. The van der Waals surface area contributed by atoms with Crippen LogP contribution in [0.25, 0.3) is 0 Å². The number of nitrogens with zero attached hydrogens (tertiary/aromatic N) is 1. The summed E-state index contributed by atoms with van der Waals surface area (Å²) in [5.41, 5.74) is 6.81. The molecule has 0 spiro atoms. The predicted molar refractivity (Wildman–Crippen MR) is 72.5 cm³/mol. The van der Waals surface area contributed by atoms with Crippen molar-refractivity contribution in [1.82, 2.24) is 4.90 Å². The highest BCUT2D eigenvalue weighted by atomic mass is 32.2. The summed E-state index contributed by atoms with van der Waals surface area (Å²) in [6.45, 7) is 2.02. The van der Waals surface area contributed by atoms with Crippen molar-refractivity contribution in [2.75, 3.05) is 11.6 Å². The van der Waals surface area contributed by atoms with Gasteiger partial charge in [-0.25, -0.2) is 0 Å². The summed E-state index contributed by atoms with van der Waals surface area (Å²) in [6.07, 6.45) is 0.898. The molecule has 0 bridgehead atoms. The first-order chi connectivity index (χ1) is 8.65. The first kappa shape index (κ1) is 13.1. The molecule has 1 atom stereocenters. The molecular weight excluding hydrogens is 248 g/mol. The fraction of sp³-hybridized carbons (Fsp3) is 0.385. The second-order valence-electron chi connectivity index (χ2n) is 4.25. The highest BCUT2D eigenvalue weighted by Crippen LogP contribution is 2.24. The van der Waals surface area contributed by atoms with Crippen LogP contribution in [-0.2, 0) is 0 Å². The molecule has 1 unspecified atom stereocenters. The molecule has 96 valence electrons. The van der Waals surface area contributed by atoms with Crippen molar-refractivity contribution in [3.63, 3.8) is 0 Å². The Kier molecular flexibility index (Phi) is 4.04. The Bertz CT molecular complexity index is 441. The van der Waals surface area contributed by atoms with Crippen molar-refractivity contribution >= 4 is 23.6 Å². The number of carbonyl (C=O) groups is 2. The van der Waals surface area contributed by atoms with E-state index in [1.807, 2.05) is 6.92 Å². The van der Waals surface area contributed by atoms with E-state index in [1.54, 1.807) is 24.3 Å². The van der Waals surface area contributed by atoms with Gasteiger partial charge in [0.15, 0.2) is 0 Å². The summed E-state index contributed by atoms with van der Waals surface area (Å²) in [5, 5.41) is 0. The highest BCUT2D eigenvalue weighted by Gasteiger charge is 2.34. The molecule has 0 fully saturated rings. The molecule has 0 aromatic heterocycles. The molecule has 4 nitrogen and oxygen atoms in total. The van der Waals surface area contributed by atoms with E-state index >= 15 is 0 Å². The van der Waals surface area contributed by atoms with Gasteiger partial charge in [0.1, 0.15) is 0 Å². The number of imide groups is 1. The topological polar surface area (TPSA) is 63.4 Å². The van der Waals surface area contributed by atoms with Gasteiger partial charge in [0, 0.05) is 11.8 Å². The molecule has 1 aromatic rings. The molecule has 1 aromatic carbocycles. The van der Waals surface area contributed by atoms with E-state index < -0.39 is 0 Å². The van der Waals surface area contributed by atoms with Crippen LogP contribution in [0.15, 0.2) is 24.3 Å². The quantitative estimate of drug-likeness (QED) is 0.822. The Morgan fingerprint density at radius 1 is 1.22 bits per heavy atom. The first-order valence-corrected chi connectivity index (χ1v) is 7.09. The zero-order valence-electron chi connectivity index (χ0n) is 10.3. The van der Waals surface area contributed by atoms with Crippen LogP contribution in [0.3, 0.4) is 0 Å². The van der Waals surface area contributed by atoms with Crippen molar-refractivity contribution < 1.29 is 9.59 Å². The van der Waals surface area contributed by atoms with E-state index in [4.69, 9.17) is 5.73 Å². The fourth-order valence-corrected chi connectivity index (χ4v) is 2.83. The number of carbonyl (C=O) groups excluding carboxylic acids is 2. The van der Waals surface area contributed by atoms with Crippen LogP contribution >= 0.6 is 11.8 Å². The molecule has 18 heavy (non-hydrogen) atoms. The zero-order chi connectivity index (χ0) is 13.1. The Labute approximate surface area is 111 Å². The summed E-state index contributed by atoms with van der Waals surface area (Å²) in [7, 11) is 0. The highest BCUT2D eigenvalue weighted by molar-refractivity contribution is 7.99. The third-order valence-corrected chi connectivity index (χ3v) is 4.06. The lowest BCUT2D eigenvalue weighted by Gasteiger charge is -2.14. The summed E-state index contributed by atoms with van der Waals surface area (Å²) < 4.78 is 0. The van der Waals surface area contributed by atoms with Gasteiger partial charge in [-0.05, 0) is 18.6 Å². The molecule has 2 amide bonds. The largest absolute Gasteiger partial charge is 0.327 e. The third-order valence-electron chi connectivity index (χ3n) is 2.95. The number of hydrogen-bond donors (Lipinski definition) is 1. The minimum absolute atomic E-state index is 0.116. The molecular formula is C13H16N2O2S. The molecule has 0 aliphatic carbocycles. The lowest BCUT2D eigenvalue weighted by atomic mass is 10.1. The lowest BCUT2D eigenvalue weighted by molar-refractivity contribution is 0.0684. The van der Waals surface area contributed by atoms with Crippen LogP contribution in [-0.4, -0.2) is 34.4 Å². The average Bonchev–Trinajstić information content (AvgIpc) is 2.64. The number of amides is 2. The monoisotopic (exact) mass is 264 g/mol. The normalized spacial score (nSPS) is 16.0. The summed E-state index contributed by atoms with van der Waals surface area (Å²) in [5.74, 6) is 0.727. The average molecular weight is 264 g/mol. The SMILES string of the molecule is CCC(N)CSCN1C(=O)c2ccccc2C1=O. The minimum atomic E-state index is -0.201. The third kappa shape index (κ3) is 2.42. The molecule has 1 aliphatic rings. The lowest BCUT2D eigenvalue weighted by Crippen LogP contribution is -2.31. The van der Waals surface area contributed by atoms with E-state index in [0.717, 1.165) is 12.2 Å². The first-order valence-electron chi connectivity index (χ1n) is 5.93. The number of fused-ring (bicyclic) bond motifs is 1. The number of rotatable bonds is 5. The maximum atomic E-state index is 12.0. The van der Waals surface area contributed by atoms with Crippen LogP contribution in [0, 0.1) is 0 Å². The van der Waals surface area contributed by atoms with Gasteiger partial charge in [0.05, 0.1) is 17.0 Å². The maximum absolute atomic E-state index is 12.0. The Morgan fingerprint density at radius 2 is 1.78 bits per heavy atom. The van der Waals surface area contributed by atoms with Crippen molar-refractivity contribution in [1.29, 1.82) is 0 Å². The van der Waals surface area contributed by atoms with Gasteiger partial charge in [0.25, 0.3) is 11.8 Å². The van der Waals surface area contributed by atoms with Gasteiger partial charge < -0.3 is 5.73 Å². The Morgan fingerprint density at radius 3 is 2.28 bits per heavy atom.